The van der Waals surface area contributed by atoms with Crippen LogP contribution in [-0.4, -0.2) is 17.6 Å². The molecule has 2 aromatic carbocycles. The maximum absolute atomic E-state index is 13.6. The van der Waals surface area contributed by atoms with E-state index < -0.39 is 23.5 Å². The zero-order valence-corrected chi connectivity index (χ0v) is 11.6. The Morgan fingerprint density at radius 3 is 2.48 bits per heavy atom. The molecule has 2 rings (SSSR count). The Morgan fingerprint density at radius 1 is 1.24 bits per heavy atom. The third kappa shape index (κ3) is 3.70. The van der Waals surface area contributed by atoms with Gasteiger partial charge in [-0.25, -0.2) is 8.78 Å². The summed E-state index contributed by atoms with van der Waals surface area (Å²) in [5.74, 6) is -3.57. The van der Waals surface area contributed by atoms with E-state index in [4.69, 9.17) is 11.6 Å². The van der Waals surface area contributed by atoms with E-state index in [2.05, 4.69) is 5.32 Å². The molecule has 1 atom stereocenters. The van der Waals surface area contributed by atoms with Gasteiger partial charge in [-0.15, -0.1) is 0 Å². The molecule has 0 heterocycles. The van der Waals surface area contributed by atoms with E-state index in [1.54, 1.807) is 30.3 Å². The number of carboxylic acids is 1. The lowest BCUT2D eigenvalue weighted by atomic mass is 9.99. The van der Waals surface area contributed by atoms with Gasteiger partial charge in [0, 0.05) is 12.6 Å². The third-order valence-corrected chi connectivity index (χ3v) is 3.29. The van der Waals surface area contributed by atoms with E-state index in [-0.39, 0.29) is 17.3 Å². The number of hydrogen-bond donors (Lipinski definition) is 2. The molecule has 21 heavy (non-hydrogen) atoms. The van der Waals surface area contributed by atoms with Gasteiger partial charge >= 0.3 is 5.97 Å². The Balaban J connectivity index is 2.19. The van der Waals surface area contributed by atoms with Crippen LogP contribution in [0.5, 0.6) is 0 Å². The van der Waals surface area contributed by atoms with Gasteiger partial charge in [-0.2, -0.15) is 0 Å². The van der Waals surface area contributed by atoms with Crippen LogP contribution in [0.1, 0.15) is 11.5 Å². The molecule has 6 heteroatoms. The molecule has 3 nitrogen and oxygen atoms in total. The van der Waals surface area contributed by atoms with Crippen LogP contribution in [0.2, 0.25) is 5.02 Å². The number of rotatable bonds is 5. The fraction of sp³-hybridized carbons (Fsp3) is 0.133. The molecule has 0 aliphatic carbocycles. The summed E-state index contributed by atoms with van der Waals surface area (Å²) in [5.41, 5.74) is 0.469. The predicted octanol–water partition coefficient (Wildman–Crippen LogP) is 3.90. The van der Waals surface area contributed by atoms with Crippen LogP contribution >= 0.6 is 11.6 Å². The minimum Gasteiger partial charge on any atom is -0.481 e. The van der Waals surface area contributed by atoms with Crippen molar-refractivity contribution in [2.75, 3.05) is 11.9 Å². The zero-order chi connectivity index (χ0) is 15.4. The molecule has 0 fully saturated rings. The van der Waals surface area contributed by atoms with Crippen LogP contribution in [0.3, 0.4) is 0 Å². The van der Waals surface area contributed by atoms with Crippen molar-refractivity contribution in [3.05, 3.63) is 64.7 Å². The normalized spacial score (nSPS) is 12.0. The van der Waals surface area contributed by atoms with Gasteiger partial charge in [-0.05, 0) is 11.6 Å². The van der Waals surface area contributed by atoms with E-state index >= 15 is 0 Å². The second-order valence-corrected chi connectivity index (χ2v) is 4.83. The van der Waals surface area contributed by atoms with Gasteiger partial charge in [0.2, 0.25) is 0 Å². The lowest BCUT2D eigenvalue weighted by Crippen LogP contribution is -2.21. The van der Waals surface area contributed by atoms with Crippen molar-refractivity contribution in [2.45, 2.75) is 5.92 Å². The molecule has 0 bridgehead atoms. The van der Waals surface area contributed by atoms with E-state index in [1.807, 2.05) is 0 Å². The highest BCUT2D eigenvalue weighted by molar-refractivity contribution is 6.33. The van der Waals surface area contributed by atoms with Crippen molar-refractivity contribution >= 4 is 23.3 Å². The molecule has 2 aromatic rings. The number of carbonyl (C=O) groups is 1. The van der Waals surface area contributed by atoms with Crippen molar-refractivity contribution < 1.29 is 18.7 Å². The molecule has 0 saturated heterocycles. The van der Waals surface area contributed by atoms with Crippen molar-refractivity contribution in [2.24, 2.45) is 0 Å². The zero-order valence-electron chi connectivity index (χ0n) is 10.8. The van der Waals surface area contributed by atoms with Gasteiger partial charge in [0.15, 0.2) is 5.82 Å². The molecule has 0 aliphatic rings. The fourth-order valence-electron chi connectivity index (χ4n) is 1.95. The molecule has 110 valence electrons. The summed E-state index contributed by atoms with van der Waals surface area (Å²) in [5, 5.41) is 11.8. The molecule has 0 radical (unpaired) electrons. The maximum Gasteiger partial charge on any atom is 0.312 e. The number of anilines is 1. The quantitative estimate of drug-likeness (QED) is 0.880. The number of nitrogens with one attached hydrogen (secondary N) is 1. The molecule has 0 aliphatic heterocycles. The van der Waals surface area contributed by atoms with E-state index in [1.165, 1.54) is 0 Å². The largest absolute Gasteiger partial charge is 0.481 e. The van der Waals surface area contributed by atoms with Crippen LogP contribution in [0, 0.1) is 11.6 Å². The van der Waals surface area contributed by atoms with E-state index in [9.17, 15) is 18.7 Å². The Hall–Kier alpha value is -2.14. The summed E-state index contributed by atoms with van der Waals surface area (Å²) in [6, 6.07) is 10.2. The molecular formula is C15H12ClF2NO2. The lowest BCUT2D eigenvalue weighted by molar-refractivity contribution is -0.138. The smallest absolute Gasteiger partial charge is 0.312 e. The highest BCUT2D eigenvalue weighted by Crippen LogP contribution is 2.27. The number of hydrogen-bond acceptors (Lipinski definition) is 2. The van der Waals surface area contributed by atoms with Gasteiger partial charge in [-0.1, -0.05) is 41.9 Å². The standard InChI is InChI=1S/C15H12ClF2NO2/c16-12-6-10(17)7-13(18)14(12)19-8-11(15(20)21)9-4-2-1-3-5-9/h1-7,11,19H,8H2,(H,20,21). The van der Waals surface area contributed by atoms with Gasteiger partial charge in [0.1, 0.15) is 5.82 Å². The molecule has 1 unspecified atom stereocenters. The lowest BCUT2D eigenvalue weighted by Gasteiger charge is -2.16. The average molecular weight is 312 g/mol. The van der Waals surface area contributed by atoms with Crippen molar-refractivity contribution in [3.8, 4) is 0 Å². The highest BCUT2D eigenvalue weighted by atomic mass is 35.5. The molecule has 0 saturated carbocycles. The van der Waals surface area contributed by atoms with Crippen molar-refractivity contribution in [1.82, 2.24) is 0 Å². The second kappa shape index (κ2) is 6.54. The molecule has 0 spiro atoms. The minimum absolute atomic E-state index is 0.0678. The number of carboxylic acid groups (broad SMARTS) is 1. The first-order chi connectivity index (χ1) is 9.99. The van der Waals surface area contributed by atoms with Gasteiger partial charge < -0.3 is 10.4 Å². The fourth-order valence-corrected chi connectivity index (χ4v) is 2.21. The van der Waals surface area contributed by atoms with E-state index in [0.717, 1.165) is 6.07 Å². The Bertz CT molecular complexity index is 626. The van der Waals surface area contributed by atoms with Crippen LogP contribution < -0.4 is 5.32 Å². The summed E-state index contributed by atoms with van der Waals surface area (Å²) in [6.45, 7) is -0.0678. The van der Waals surface area contributed by atoms with Crippen LogP contribution in [0.25, 0.3) is 0 Å². The van der Waals surface area contributed by atoms with E-state index in [0.29, 0.717) is 11.6 Å². The number of halogens is 3. The molecule has 2 N–H and O–H groups in total. The average Bonchev–Trinajstić information content (AvgIpc) is 2.42. The molecule has 0 aromatic heterocycles. The first-order valence-corrected chi connectivity index (χ1v) is 6.53. The summed E-state index contributed by atoms with van der Waals surface area (Å²) in [6.07, 6.45) is 0. The first kappa shape index (κ1) is 15.3. The highest BCUT2D eigenvalue weighted by Gasteiger charge is 2.20. The molecule has 0 amide bonds. The second-order valence-electron chi connectivity index (χ2n) is 4.43. The number of aliphatic carboxylic acids is 1. The van der Waals surface area contributed by atoms with Crippen molar-refractivity contribution in [3.63, 3.8) is 0 Å². The van der Waals surface area contributed by atoms with Gasteiger partial charge in [-0.3, -0.25) is 4.79 Å². The molecular weight excluding hydrogens is 300 g/mol. The number of benzene rings is 2. The Morgan fingerprint density at radius 2 is 1.90 bits per heavy atom. The van der Waals surface area contributed by atoms with Gasteiger partial charge in [0.25, 0.3) is 0 Å². The van der Waals surface area contributed by atoms with Crippen molar-refractivity contribution in [1.29, 1.82) is 0 Å². The third-order valence-electron chi connectivity index (χ3n) is 2.99. The summed E-state index contributed by atoms with van der Waals surface area (Å²) in [7, 11) is 0. The van der Waals surface area contributed by atoms with Crippen LogP contribution in [0.4, 0.5) is 14.5 Å². The topological polar surface area (TPSA) is 49.3 Å². The summed E-state index contributed by atoms with van der Waals surface area (Å²) in [4.78, 5) is 11.3. The Kier molecular flexibility index (Phi) is 4.75. The van der Waals surface area contributed by atoms with Crippen LogP contribution in [0.15, 0.2) is 42.5 Å². The predicted molar refractivity (Wildman–Crippen MR) is 76.7 cm³/mol. The van der Waals surface area contributed by atoms with Gasteiger partial charge in [0.05, 0.1) is 16.6 Å². The summed E-state index contributed by atoms with van der Waals surface area (Å²) < 4.78 is 26.6. The SMILES string of the molecule is O=C(O)C(CNc1c(F)cc(F)cc1Cl)c1ccccc1. The van der Waals surface area contributed by atoms with Crippen LogP contribution in [-0.2, 0) is 4.79 Å². The maximum atomic E-state index is 13.6. The minimum atomic E-state index is -1.05. The first-order valence-electron chi connectivity index (χ1n) is 6.15. The summed E-state index contributed by atoms with van der Waals surface area (Å²) >= 11 is 5.75. The monoisotopic (exact) mass is 311 g/mol. The Labute approximate surface area is 125 Å².